The topological polar surface area (TPSA) is 55.7 Å². The summed E-state index contributed by atoms with van der Waals surface area (Å²) in [4.78, 5) is 14.1. The number of hydrogen-bond donors (Lipinski definition) is 1. The van der Waals surface area contributed by atoms with Gasteiger partial charge in [0.2, 0.25) is 0 Å². The predicted octanol–water partition coefficient (Wildman–Crippen LogP) is 2.54. The number of morpholine rings is 1. The van der Waals surface area contributed by atoms with E-state index in [9.17, 15) is 4.79 Å². The number of nitrogens with zero attached hydrogens (tertiary/aromatic N) is 2. The van der Waals surface area contributed by atoms with Crippen molar-refractivity contribution in [3.8, 4) is 0 Å². The Bertz CT molecular complexity index is 683. The largest absolute Gasteiger partial charge is 0.383 e. The van der Waals surface area contributed by atoms with Crippen molar-refractivity contribution in [3.05, 3.63) is 30.5 Å². The van der Waals surface area contributed by atoms with Crippen LogP contribution in [0.5, 0.6) is 0 Å². The van der Waals surface area contributed by atoms with Crippen molar-refractivity contribution in [1.29, 1.82) is 0 Å². The first-order valence-electron chi connectivity index (χ1n) is 7.93. The fraction of sp³-hybridized carbons (Fsp3) is 0.471. The summed E-state index contributed by atoms with van der Waals surface area (Å²) in [5, 5.41) is 4.08. The van der Waals surface area contributed by atoms with Gasteiger partial charge in [0.05, 0.1) is 19.3 Å². The summed E-state index contributed by atoms with van der Waals surface area (Å²) in [7, 11) is 1.70. The molecule has 3 rings (SSSR count). The van der Waals surface area contributed by atoms with E-state index in [0.717, 1.165) is 23.1 Å². The third-order valence-electron chi connectivity index (χ3n) is 4.09. The molecule has 1 saturated heterocycles. The SMILES string of the molecule is COCCn1ccc2cc(NC(=O)N3CCO[C@H](C)C3)ccc21. The summed E-state index contributed by atoms with van der Waals surface area (Å²) in [6, 6.07) is 7.95. The van der Waals surface area contributed by atoms with E-state index in [1.165, 1.54) is 0 Å². The second-order valence-electron chi connectivity index (χ2n) is 5.83. The Kier molecular flexibility index (Phi) is 4.83. The molecule has 0 spiro atoms. The van der Waals surface area contributed by atoms with Gasteiger partial charge in [-0.25, -0.2) is 4.79 Å². The van der Waals surface area contributed by atoms with Gasteiger partial charge in [0.1, 0.15) is 0 Å². The molecule has 1 aromatic heterocycles. The van der Waals surface area contributed by atoms with Gasteiger partial charge in [-0.2, -0.15) is 0 Å². The van der Waals surface area contributed by atoms with Gasteiger partial charge < -0.3 is 24.3 Å². The molecule has 2 heterocycles. The number of ether oxygens (including phenoxy) is 2. The molecule has 2 amide bonds. The van der Waals surface area contributed by atoms with Crippen LogP contribution in [0.2, 0.25) is 0 Å². The van der Waals surface area contributed by atoms with Crippen LogP contribution in [0.4, 0.5) is 10.5 Å². The lowest BCUT2D eigenvalue weighted by molar-refractivity contribution is -0.00138. The van der Waals surface area contributed by atoms with Gasteiger partial charge in [-0.15, -0.1) is 0 Å². The monoisotopic (exact) mass is 317 g/mol. The van der Waals surface area contributed by atoms with Crippen LogP contribution < -0.4 is 5.32 Å². The number of urea groups is 1. The van der Waals surface area contributed by atoms with Gasteiger partial charge in [0, 0.05) is 49.5 Å². The average Bonchev–Trinajstić information content (AvgIpc) is 2.95. The average molecular weight is 317 g/mol. The van der Waals surface area contributed by atoms with E-state index in [2.05, 4.69) is 16.0 Å². The molecular weight excluding hydrogens is 294 g/mol. The highest BCUT2D eigenvalue weighted by Gasteiger charge is 2.21. The molecule has 124 valence electrons. The number of carbonyl (C=O) groups excluding carboxylic acids is 1. The summed E-state index contributed by atoms with van der Waals surface area (Å²) in [6.45, 7) is 5.33. The minimum atomic E-state index is -0.0710. The molecule has 0 radical (unpaired) electrons. The van der Waals surface area contributed by atoms with E-state index < -0.39 is 0 Å². The maximum atomic E-state index is 12.3. The molecule has 1 aromatic carbocycles. The van der Waals surface area contributed by atoms with Gasteiger partial charge in [0.15, 0.2) is 0 Å². The fourth-order valence-electron chi connectivity index (χ4n) is 2.87. The molecule has 1 aliphatic rings. The number of methoxy groups -OCH3 is 1. The van der Waals surface area contributed by atoms with Gasteiger partial charge in [-0.3, -0.25) is 0 Å². The molecule has 1 N–H and O–H groups in total. The predicted molar refractivity (Wildman–Crippen MR) is 89.8 cm³/mol. The molecule has 0 aliphatic carbocycles. The number of anilines is 1. The molecule has 0 saturated carbocycles. The van der Waals surface area contributed by atoms with E-state index in [1.54, 1.807) is 12.0 Å². The first kappa shape index (κ1) is 15.8. The van der Waals surface area contributed by atoms with E-state index in [0.29, 0.717) is 26.3 Å². The van der Waals surface area contributed by atoms with Crippen LogP contribution in [0.1, 0.15) is 6.92 Å². The normalized spacial score (nSPS) is 18.3. The van der Waals surface area contributed by atoms with E-state index in [1.807, 2.05) is 31.3 Å². The Morgan fingerprint density at radius 2 is 2.30 bits per heavy atom. The zero-order chi connectivity index (χ0) is 16.2. The van der Waals surface area contributed by atoms with Gasteiger partial charge in [-0.05, 0) is 31.2 Å². The summed E-state index contributed by atoms with van der Waals surface area (Å²) in [6.07, 6.45) is 2.13. The first-order chi connectivity index (χ1) is 11.2. The molecule has 1 fully saturated rings. The highest BCUT2D eigenvalue weighted by Crippen LogP contribution is 2.21. The molecule has 23 heavy (non-hydrogen) atoms. The Balaban J connectivity index is 1.69. The molecule has 6 heteroatoms. The standard InChI is InChI=1S/C17H23N3O3/c1-13-12-20(8-10-23-13)17(21)18-15-3-4-16-14(11-15)5-6-19(16)7-9-22-2/h3-6,11,13H,7-10,12H2,1-2H3,(H,18,21)/t13-/m1/s1. The molecular formula is C17H23N3O3. The summed E-state index contributed by atoms with van der Waals surface area (Å²) in [5.74, 6) is 0. The molecule has 6 nitrogen and oxygen atoms in total. The number of hydrogen-bond acceptors (Lipinski definition) is 3. The molecule has 1 aliphatic heterocycles. The highest BCUT2D eigenvalue weighted by molar-refractivity contribution is 5.93. The first-order valence-corrected chi connectivity index (χ1v) is 7.93. The maximum Gasteiger partial charge on any atom is 0.322 e. The molecule has 0 unspecified atom stereocenters. The van der Waals surface area contributed by atoms with E-state index in [-0.39, 0.29) is 12.1 Å². The zero-order valence-corrected chi connectivity index (χ0v) is 13.6. The summed E-state index contributed by atoms with van der Waals surface area (Å²) >= 11 is 0. The van der Waals surface area contributed by atoms with Crippen LogP contribution in [-0.4, -0.2) is 55.0 Å². The lowest BCUT2D eigenvalue weighted by Gasteiger charge is -2.31. The summed E-state index contributed by atoms with van der Waals surface area (Å²) < 4.78 is 12.7. The van der Waals surface area contributed by atoms with Crippen LogP contribution >= 0.6 is 0 Å². The van der Waals surface area contributed by atoms with Gasteiger partial charge in [0.25, 0.3) is 0 Å². The maximum absolute atomic E-state index is 12.3. The molecule has 0 bridgehead atoms. The number of rotatable bonds is 4. The molecule has 1 atom stereocenters. The summed E-state index contributed by atoms with van der Waals surface area (Å²) in [5.41, 5.74) is 1.95. The van der Waals surface area contributed by atoms with Gasteiger partial charge >= 0.3 is 6.03 Å². The Morgan fingerprint density at radius 1 is 1.43 bits per heavy atom. The van der Waals surface area contributed by atoms with Gasteiger partial charge in [-0.1, -0.05) is 0 Å². The fourth-order valence-corrected chi connectivity index (χ4v) is 2.87. The Hall–Kier alpha value is -2.05. The van der Waals surface area contributed by atoms with Crippen molar-refractivity contribution in [2.45, 2.75) is 19.6 Å². The van der Waals surface area contributed by atoms with Crippen molar-refractivity contribution in [2.24, 2.45) is 0 Å². The number of amides is 2. The van der Waals surface area contributed by atoms with E-state index >= 15 is 0 Å². The van der Waals surface area contributed by atoms with Crippen LogP contribution in [0.25, 0.3) is 10.9 Å². The zero-order valence-electron chi connectivity index (χ0n) is 13.6. The Morgan fingerprint density at radius 3 is 3.09 bits per heavy atom. The lowest BCUT2D eigenvalue weighted by atomic mass is 10.2. The van der Waals surface area contributed by atoms with Crippen LogP contribution in [-0.2, 0) is 16.0 Å². The molecule has 2 aromatic rings. The van der Waals surface area contributed by atoms with Crippen molar-refractivity contribution >= 4 is 22.6 Å². The number of nitrogens with one attached hydrogen (secondary N) is 1. The lowest BCUT2D eigenvalue weighted by Crippen LogP contribution is -2.46. The van der Waals surface area contributed by atoms with Crippen LogP contribution in [0, 0.1) is 0 Å². The highest BCUT2D eigenvalue weighted by atomic mass is 16.5. The van der Waals surface area contributed by atoms with Crippen molar-refractivity contribution in [3.63, 3.8) is 0 Å². The Labute approximate surface area is 136 Å². The second kappa shape index (κ2) is 7.02. The number of benzene rings is 1. The van der Waals surface area contributed by atoms with Crippen LogP contribution in [0.3, 0.4) is 0 Å². The quantitative estimate of drug-likeness (QED) is 0.943. The van der Waals surface area contributed by atoms with Crippen LogP contribution in [0.15, 0.2) is 30.5 Å². The number of aromatic nitrogens is 1. The third kappa shape index (κ3) is 3.65. The number of carbonyl (C=O) groups is 1. The van der Waals surface area contributed by atoms with E-state index in [4.69, 9.17) is 9.47 Å². The van der Waals surface area contributed by atoms with Crippen molar-refractivity contribution in [1.82, 2.24) is 9.47 Å². The third-order valence-corrected chi connectivity index (χ3v) is 4.09. The minimum absolute atomic E-state index is 0.0710. The second-order valence-corrected chi connectivity index (χ2v) is 5.83. The van der Waals surface area contributed by atoms with Crippen molar-refractivity contribution in [2.75, 3.05) is 38.7 Å². The number of fused-ring (bicyclic) bond motifs is 1. The minimum Gasteiger partial charge on any atom is -0.383 e. The smallest absolute Gasteiger partial charge is 0.322 e. The van der Waals surface area contributed by atoms with Crippen molar-refractivity contribution < 1.29 is 14.3 Å².